The van der Waals surface area contributed by atoms with E-state index < -0.39 is 12.5 Å². The quantitative estimate of drug-likeness (QED) is 0.612. The summed E-state index contributed by atoms with van der Waals surface area (Å²) in [6, 6.07) is -0.838. The molecule has 1 unspecified atom stereocenters. The maximum atomic E-state index is 12.1. The molecule has 11 heavy (non-hydrogen) atoms. The van der Waals surface area contributed by atoms with Gasteiger partial charge in [-0.3, -0.25) is 0 Å². The average Bonchev–Trinajstić information content (AvgIpc) is 1.87. The Kier molecular flexibility index (Phi) is 5.03. The van der Waals surface area contributed by atoms with E-state index in [-0.39, 0.29) is 0 Å². The molecular weight excluding hydrogens is 148 g/mol. The Morgan fingerprint density at radius 2 is 2.09 bits per heavy atom. The summed E-state index contributed by atoms with van der Waals surface area (Å²) >= 11 is 0. The summed E-state index contributed by atoms with van der Waals surface area (Å²) in [5.74, 6) is 0. The Balaban J connectivity index is 3.80. The van der Waals surface area contributed by atoms with E-state index in [2.05, 4.69) is 11.9 Å². The smallest absolute Gasteiger partial charge is 0.257 e. The molecule has 0 aliphatic rings. The highest BCUT2D eigenvalue weighted by molar-refractivity contribution is 5.02. The van der Waals surface area contributed by atoms with E-state index in [1.54, 1.807) is 6.92 Å². The largest absolute Gasteiger partial charge is 0.306 e. The van der Waals surface area contributed by atoms with Gasteiger partial charge in [-0.25, -0.2) is 8.78 Å². The van der Waals surface area contributed by atoms with Crippen molar-refractivity contribution in [3.63, 3.8) is 0 Å². The Hall–Kier alpha value is -0.440. The van der Waals surface area contributed by atoms with E-state index in [1.807, 2.05) is 6.92 Å². The normalized spacial score (nSPS) is 13.5. The van der Waals surface area contributed by atoms with Gasteiger partial charge in [0.2, 0.25) is 0 Å². The molecule has 0 amide bonds. The van der Waals surface area contributed by atoms with Gasteiger partial charge in [-0.2, -0.15) is 0 Å². The van der Waals surface area contributed by atoms with Gasteiger partial charge in [0.1, 0.15) is 0 Å². The van der Waals surface area contributed by atoms with Crippen LogP contribution in [0.25, 0.3) is 0 Å². The molecule has 0 saturated heterocycles. The minimum Gasteiger partial charge on any atom is -0.306 e. The Morgan fingerprint density at radius 3 is 2.36 bits per heavy atom. The molecule has 0 fully saturated rings. The summed E-state index contributed by atoms with van der Waals surface area (Å²) < 4.78 is 24.3. The van der Waals surface area contributed by atoms with Gasteiger partial charge in [-0.05, 0) is 19.9 Å². The third-order valence-electron chi connectivity index (χ3n) is 1.40. The van der Waals surface area contributed by atoms with E-state index >= 15 is 0 Å². The zero-order valence-electron chi connectivity index (χ0n) is 7.03. The Bertz CT molecular complexity index is 123. The fourth-order valence-electron chi connectivity index (χ4n) is 0.778. The second-order valence-corrected chi connectivity index (χ2v) is 2.61. The van der Waals surface area contributed by atoms with Crippen molar-refractivity contribution in [3.8, 4) is 0 Å². The number of hydrogen-bond donors (Lipinski definition) is 1. The van der Waals surface area contributed by atoms with Crippen LogP contribution in [0.15, 0.2) is 12.2 Å². The van der Waals surface area contributed by atoms with E-state index in [0.29, 0.717) is 12.1 Å². The Morgan fingerprint density at radius 1 is 1.55 bits per heavy atom. The van der Waals surface area contributed by atoms with E-state index in [4.69, 9.17) is 0 Å². The van der Waals surface area contributed by atoms with Crippen molar-refractivity contribution in [2.24, 2.45) is 0 Å². The van der Waals surface area contributed by atoms with Crippen LogP contribution < -0.4 is 5.32 Å². The van der Waals surface area contributed by atoms with Crippen LogP contribution >= 0.6 is 0 Å². The lowest BCUT2D eigenvalue weighted by atomic mass is 10.1. The van der Waals surface area contributed by atoms with Crippen molar-refractivity contribution in [2.75, 3.05) is 6.54 Å². The second-order valence-electron chi connectivity index (χ2n) is 2.61. The highest BCUT2D eigenvalue weighted by Crippen LogP contribution is 2.08. The van der Waals surface area contributed by atoms with Crippen LogP contribution in [0, 0.1) is 0 Å². The zero-order chi connectivity index (χ0) is 8.85. The number of halogens is 2. The average molecular weight is 163 g/mol. The standard InChI is InChI=1S/C8H15F2N/c1-4-5-11-7(6(2)3)8(9)10/h7-8,11H,2,4-5H2,1,3H3. The first-order valence-corrected chi connectivity index (χ1v) is 3.76. The van der Waals surface area contributed by atoms with Crippen LogP contribution in [0.2, 0.25) is 0 Å². The fourth-order valence-corrected chi connectivity index (χ4v) is 0.778. The van der Waals surface area contributed by atoms with Gasteiger partial charge in [0.05, 0.1) is 6.04 Å². The van der Waals surface area contributed by atoms with E-state index in [0.717, 1.165) is 6.42 Å². The summed E-state index contributed by atoms with van der Waals surface area (Å²) in [7, 11) is 0. The summed E-state index contributed by atoms with van der Waals surface area (Å²) in [6.45, 7) is 7.65. The summed E-state index contributed by atoms with van der Waals surface area (Å²) in [5, 5.41) is 2.72. The maximum Gasteiger partial charge on any atom is 0.257 e. The van der Waals surface area contributed by atoms with Crippen LogP contribution in [0.5, 0.6) is 0 Å². The van der Waals surface area contributed by atoms with Gasteiger partial charge in [0.15, 0.2) is 0 Å². The first-order chi connectivity index (χ1) is 5.09. The Labute approximate surface area is 66.5 Å². The van der Waals surface area contributed by atoms with E-state index in [9.17, 15) is 8.78 Å². The molecule has 1 N–H and O–H groups in total. The predicted octanol–water partition coefficient (Wildman–Crippen LogP) is 2.20. The van der Waals surface area contributed by atoms with Crippen LogP contribution in [0.3, 0.4) is 0 Å². The molecule has 0 aliphatic carbocycles. The molecule has 0 aliphatic heterocycles. The molecule has 0 heterocycles. The molecule has 0 aromatic carbocycles. The topological polar surface area (TPSA) is 12.0 Å². The molecule has 0 aromatic heterocycles. The maximum absolute atomic E-state index is 12.1. The third-order valence-corrected chi connectivity index (χ3v) is 1.40. The molecular formula is C8H15F2N. The molecule has 0 saturated carbocycles. The molecule has 3 heteroatoms. The van der Waals surface area contributed by atoms with Crippen LogP contribution in [0.1, 0.15) is 20.3 Å². The molecule has 0 rings (SSSR count). The van der Waals surface area contributed by atoms with Crippen molar-refractivity contribution >= 4 is 0 Å². The summed E-state index contributed by atoms with van der Waals surface area (Å²) in [6.07, 6.45) is -1.49. The van der Waals surface area contributed by atoms with Crippen molar-refractivity contribution < 1.29 is 8.78 Å². The lowest BCUT2D eigenvalue weighted by molar-refractivity contribution is 0.113. The number of alkyl halides is 2. The van der Waals surface area contributed by atoms with Crippen molar-refractivity contribution in [2.45, 2.75) is 32.7 Å². The molecule has 0 aromatic rings. The van der Waals surface area contributed by atoms with Gasteiger partial charge in [0.25, 0.3) is 6.43 Å². The fraction of sp³-hybridized carbons (Fsp3) is 0.750. The molecule has 1 nitrogen and oxygen atoms in total. The van der Waals surface area contributed by atoms with Crippen molar-refractivity contribution in [3.05, 3.63) is 12.2 Å². The third kappa shape index (κ3) is 4.09. The number of nitrogens with one attached hydrogen (secondary N) is 1. The second kappa shape index (κ2) is 5.24. The van der Waals surface area contributed by atoms with Gasteiger partial charge < -0.3 is 5.32 Å². The first-order valence-electron chi connectivity index (χ1n) is 3.76. The zero-order valence-corrected chi connectivity index (χ0v) is 7.03. The molecule has 0 radical (unpaired) electrons. The molecule has 1 atom stereocenters. The molecule has 66 valence electrons. The minimum atomic E-state index is -2.35. The van der Waals surface area contributed by atoms with Gasteiger partial charge in [-0.15, -0.1) is 0 Å². The summed E-state index contributed by atoms with van der Waals surface area (Å²) in [4.78, 5) is 0. The highest BCUT2D eigenvalue weighted by atomic mass is 19.3. The predicted molar refractivity (Wildman–Crippen MR) is 42.9 cm³/mol. The van der Waals surface area contributed by atoms with Crippen LogP contribution in [0.4, 0.5) is 8.78 Å². The first kappa shape index (κ1) is 10.6. The lowest BCUT2D eigenvalue weighted by Gasteiger charge is -2.16. The van der Waals surface area contributed by atoms with Crippen molar-refractivity contribution in [1.82, 2.24) is 5.32 Å². The molecule has 0 bridgehead atoms. The number of rotatable bonds is 5. The van der Waals surface area contributed by atoms with Gasteiger partial charge in [0, 0.05) is 0 Å². The minimum absolute atomic E-state index is 0.494. The van der Waals surface area contributed by atoms with Crippen molar-refractivity contribution in [1.29, 1.82) is 0 Å². The molecule has 0 spiro atoms. The van der Waals surface area contributed by atoms with Crippen LogP contribution in [-0.4, -0.2) is 19.0 Å². The SMILES string of the molecule is C=C(C)C(NCCC)C(F)F. The summed E-state index contributed by atoms with van der Waals surface area (Å²) in [5.41, 5.74) is 0.494. The monoisotopic (exact) mass is 163 g/mol. The van der Waals surface area contributed by atoms with Gasteiger partial charge in [-0.1, -0.05) is 19.1 Å². The van der Waals surface area contributed by atoms with Gasteiger partial charge >= 0.3 is 0 Å². The lowest BCUT2D eigenvalue weighted by Crippen LogP contribution is -2.36. The highest BCUT2D eigenvalue weighted by Gasteiger charge is 2.19. The van der Waals surface area contributed by atoms with Crippen LogP contribution in [-0.2, 0) is 0 Å². The van der Waals surface area contributed by atoms with E-state index in [1.165, 1.54) is 0 Å². The number of hydrogen-bond acceptors (Lipinski definition) is 1.